The minimum Gasteiger partial charge on any atom is -0.458 e. The number of amides is 1. The Balaban J connectivity index is 2.89. The van der Waals surface area contributed by atoms with E-state index in [-0.39, 0.29) is 21.5 Å². The van der Waals surface area contributed by atoms with Gasteiger partial charge in [-0.25, -0.2) is 14.4 Å². The van der Waals surface area contributed by atoms with Crippen LogP contribution in [-0.4, -0.2) is 36.3 Å². The highest BCUT2D eigenvalue weighted by molar-refractivity contribution is 7.18. The van der Waals surface area contributed by atoms with E-state index in [1.807, 2.05) is 6.92 Å². The lowest BCUT2D eigenvalue weighted by Crippen LogP contribution is -2.25. The summed E-state index contributed by atoms with van der Waals surface area (Å²) in [4.78, 5) is 38.6. The number of carbonyl (C=O) groups is 3. The van der Waals surface area contributed by atoms with Crippen LogP contribution in [0.25, 0.3) is 0 Å². The van der Waals surface area contributed by atoms with Crippen LogP contribution in [0.1, 0.15) is 138 Å². The van der Waals surface area contributed by atoms with Gasteiger partial charge in [0.05, 0.1) is 18.3 Å². The summed E-state index contributed by atoms with van der Waals surface area (Å²) in [7, 11) is 0. The molecule has 1 heterocycles. The zero-order valence-electron chi connectivity index (χ0n) is 23.4. The molecule has 7 nitrogen and oxygen atoms in total. The van der Waals surface area contributed by atoms with E-state index in [4.69, 9.17) is 14.2 Å². The van der Waals surface area contributed by atoms with Crippen molar-refractivity contribution in [3.8, 4) is 0 Å². The van der Waals surface area contributed by atoms with Crippen molar-refractivity contribution >= 4 is 34.4 Å². The summed E-state index contributed by atoms with van der Waals surface area (Å²) >= 11 is 1.02. The molecule has 0 spiro atoms. The van der Waals surface area contributed by atoms with Crippen LogP contribution in [0.3, 0.4) is 0 Å². The molecule has 1 N–H and O–H groups in total. The van der Waals surface area contributed by atoms with Crippen LogP contribution < -0.4 is 5.32 Å². The Kier molecular flexibility index (Phi) is 14.7. The summed E-state index contributed by atoms with van der Waals surface area (Å²) in [5, 5.41) is 2.89. The number of anilines is 1. The molecule has 0 saturated carbocycles. The first kappa shape index (κ1) is 31.9. The smallest absolute Gasteiger partial charge is 0.412 e. The van der Waals surface area contributed by atoms with Gasteiger partial charge >= 0.3 is 18.0 Å². The Morgan fingerprint density at radius 1 is 0.889 bits per heavy atom. The van der Waals surface area contributed by atoms with Crippen molar-refractivity contribution in [1.29, 1.82) is 0 Å². The minimum atomic E-state index is -0.727. The average molecular weight is 526 g/mol. The molecular weight excluding hydrogens is 478 g/mol. The van der Waals surface area contributed by atoms with Gasteiger partial charge in [0, 0.05) is 0 Å². The van der Waals surface area contributed by atoms with Gasteiger partial charge in [-0.3, -0.25) is 5.32 Å². The molecule has 0 fully saturated rings. The number of hydrogen-bond donors (Lipinski definition) is 1. The Morgan fingerprint density at radius 3 is 2.08 bits per heavy atom. The predicted molar refractivity (Wildman–Crippen MR) is 146 cm³/mol. The normalized spacial score (nSPS) is 12.2. The second-order valence-electron chi connectivity index (χ2n) is 10.4. The van der Waals surface area contributed by atoms with Crippen molar-refractivity contribution in [3.63, 3.8) is 0 Å². The molecule has 1 amide bonds. The van der Waals surface area contributed by atoms with E-state index in [0.717, 1.165) is 62.7 Å². The van der Waals surface area contributed by atoms with Gasteiger partial charge in [0.2, 0.25) is 0 Å². The quantitative estimate of drug-likeness (QED) is 0.132. The second-order valence-corrected chi connectivity index (χ2v) is 11.4. The number of esters is 2. The summed E-state index contributed by atoms with van der Waals surface area (Å²) in [5.41, 5.74) is -0.132. The van der Waals surface area contributed by atoms with E-state index in [2.05, 4.69) is 19.2 Å². The Morgan fingerprint density at radius 2 is 1.47 bits per heavy atom. The van der Waals surface area contributed by atoms with E-state index in [1.54, 1.807) is 27.7 Å². The van der Waals surface area contributed by atoms with Crippen LogP contribution >= 0.6 is 11.3 Å². The lowest BCUT2D eigenvalue weighted by atomic mass is 10.1. The van der Waals surface area contributed by atoms with Gasteiger partial charge in [-0.1, -0.05) is 65.2 Å². The van der Waals surface area contributed by atoms with E-state index in [9.17, 15) is 14.4 Å². The minimum absolute atomic E-state index is 0.161. The van der Waals surface area contributed by atoms with Crippen molar-refractivity contribution in [2.75, 3.05) is 11.9 Å². The maximum absolute atomic E-state index is 13.0. The molecule has 1 aromatic heterocycles. The van der Waals surface area contributed by atoms with Gasteiger partial charge in [0.25, 0.3) is 0 Å². The molecule has 0 aliphatic rings. The summed E-state index contributed by atoms with van der Waals surface area (Å²) in [6.07, 6.45) is 10.8. The number of rotatable bonds is 16. The standard InChI is InChI=1S/C28H47NO6S/c1-8-10-12-14-15-17-19-33-27(32)29-24-22(25(30)35-28(5,6)7)21(4)23(36-24)26(31)34-20(3)18-16-13-11-9-2/h20H,8-19H2,1-7H3,(H,29,32). The van der Waals surface area contributed by atoms with Crippen molar-refractivity contribution in [2.24, 2.45) is 0 Å². The molecular formula is C28H47NO6S. The number of thiophene rings is 1. The van der Waals surface area contributed by atoms with Crippen LogP contribution in [0.2, 0.25) is 0 Å². The zero-order chi connectivity index (χ0) is 27.1. The molecule has 0 saturated heterocycles. The molecule has 36 heavy (non-hydrogen) atoms. The third kappa shape index (κ3) is 12.2. The number of nitrogens with one attached hydrogen (secondary N) is 1. The summed E-state index contributed by atoms with van der Waals surface area (Å²) in [6, 6.07) is 0. The molecule has 1 rings (SSSR count). The second kappa shape index (κ2) is 16.6. The van der Waals surface area contributed by atoms with Gasteiger partial charge in [0.15, 0.2) is 0 Å². The Bertz CT molecular complexity index is 827. The first-order valence-electron chi connectivity index (χ1n) is 13.5. The molecule has 0 aliphatic heterocycles. The van der Waals surface area contributed by atoms with Gasteiger partial charge in [-0.2, -0.15) is 0 Å². The van der Waals surface area contributed by atoms with Crippen molar-refractivity contribution in [2.45, 2.75) is 131 Å². The fourth-order valence-corrected chi connectivity index (χ4v) is 4.76. The fourth-order valence-electron chi connectivity index (χ4n) is 3.70. The summed E-state index contributed by atoms with van der Waals surface area (Å²) in [6.45, 7) is 13.5. The van der Waals surface area contributed by atoms with E-state index >= 15 is 0 Å². The van der Waals surface area contributed by atoms with E-state index in [1.165, 1.54) is 19.3 Å². The van der Waals surface area contributed by atoms with E-state index in [0.29, 0.717) is 12.2 Å². The molecule has 1 atom stereocenters. The Labute approximate surface area is 221 Å². The zero-order valence-corrected chi connectivity index (χ0v) is 24.2. The molecule has 0 bridgehead atoms. The number of unbranched alkanes of at least 4 members (excludes halogenated alkanes) is 8. The monoisotopic (exact) mass is 525 g/mol. The molecule has 0 aromatic carbocycles. The molecule has 206 valence electrons. The van der Waals surface area contributed by atoms with Crippen LogP contribution in [0, 0.1) is 6.92 Å². The topological polar surface area (TPSA) is 90.9 Å². The third-order valence-corrected chi connectivity index (χ3v) is 6.84. The molecule has 1 unspecified atom stereocenters. The third-order valence-electron chi connectivity index (χ3n) is 5.65. The molecule has 0 radical (unpaired) electrons. The van der Waals surface area contributed by atoms with Crippen molar-refractivity contribution in [1.82, 2.24) is 0 Å². The van der Waals surface area contributed by atoms with Crippen LogP contribution in [0.5, 0.6) is 0 Å². The number of ether oxygens (including phenoxy) is 3. The summed E-state index contributed by atoms with van der Waals surface area (Å²) in [5.74, 6) is -1.10. The van der Waals surface area contributed by atoms with Gasteiger partial charge in [-0.15, -0.1) is 11.3 Å². The summed E-state index contributed by atoms with van der Waals surface area (Å²) < 4.78 is 16.5. The largest absolute Gasteiger partial charge is 0.458 e. The first-order chi connectivity index (χ1) is 17.0. The highest BCUT2D eigenvalue weighted by Gasteiger charge is 2.30. The molecule has 8 heteroatoms. The lowest BCUT2D eigenvalue weighted by molar-refractivity contribution is 0.00705. The molecule has 0 aliphatic carbocycles. The predicted octanol–water partition coefficient (Wildman–Crippen LogP) is 8.44. The van der Waals surface area contributed by atoms with Crippen molar-refractivity contribution in [3.05, 3.63) is 16.0 Å². The first-order valence-corrected chi connectivity index (χ1v) is 14.3. The fraction of sp³-hybridized carbons (Fsp3) is 0.750. The maximum Gasteiger partial charge on any atom is 0.412 e. The molecule has 1 aromatic rings. The van der Waals surface area contributed by atoms with Crippen LogP contribution in [0.4, 0.5) is 9.80 Å². The lowest BCUT2D eigenvalue weighted by Gasteiger charge is -2.20. The van der Waals surface area contributed by atoms with Crippen LogP contribution in [-0.2, 0) is 14.2 Å². The van der Waals surface area contributed by atoms with Crippen LogP contribution in [0.15, 0.2) is 0 Å². The Hall–Kier alpha value is -2.09. The van der Waals surface area contributed by atoms with E-state index < -0.39 is 23.6 Å². The highest BCUT2D eigenvalue weighted by atomic mass is 32.1. The maximum atomic E-state index is 13.0. The van der Waals surface area contributed by atoms with Crippen molar-refractivity contribution < 1.29 is 28.6 Å². The average Bonchev–Trinajstić information content (AvgIpc) is 3.10. The highest BCUT2D eigenvalue weighted by Crippen LogP contribution is 2.35. The van der Waals surface area contributed by atoms with Gasteiger partial charge in [0.1, 0.15) is 15.5 Å². The van der Waals surface area contributed by atoms with Gasteiger partial charge < -0.3 is 14.2 Å². The number of carbonyl (C=O) groups excluding carboxylic acids is 3. The van der Waals surface area contributed by atoms with Gasteiger partial charge in [-0.05, 0) is 59.4 Å². The SMILES string of the molecule is CCCCCCCCOC(=O)Nc1sc(C(=O)OC(C)CCCCCC)c(C)c1C(=O)OC(C)(C)C. The number of hydrogen-bond acceptors (Lipinski definition) is 7.